The highest BCUT2D eigenvalue weighted by molar-refractivity contribution is 7.17. The average molecular weight is 550 g/mol. The van der Waals surface area contributed by atoms with Gasteiger partial charge in [0, 0.05) is 60.9 Å². The molecule has 0 radical (unpaired) electrons. The molecule has 0 atom stereocenters. The van der Waals surface area contributed by atoms with Crippen molar-refractivity contribution < 1.29 is 19.1 Å². The number of carbonyl (C=O) groups excluding carboxylic acids is 2. The third-order valence-corrected chi connectivity index (χ3v) is 8.39. The summed E-state index contributed by atoms with van der Waals surface area (Å²) in [5.41, 5.74) is 3.23. The zero-order valence-corrected chi connectivity index (χ0v) is 23.9. The lowest BCUT2D eigenvalue weighted by Crippen LogP contribution is -2.46. The number of benzene rings is 2. The lowest BCUT2D eigenvalue weighted by Gasteiger charge is -2.36. The molecule has 1 fully saturated rings. The summed E-state index contributed by atoms with van der Waals surface area (Å²) in [5.74, 6) is 0.666. The number of rotatable bonds is 11. The Hall–Kier alpha value is -3.10. The second-order valence-electron chi connectivity index (χ2n) is 10.8. The van der Waals surface area contributed by atoms with Crippen molar-refractivity contribution in [3.63, 3.8) is 0 Å². The first-order valence-corrected chi connectivity index (χ1v) is 15.0. The number of carbonyl (C=O) groups is 2. The molecule has 1 amide bonds. The van der Waals surface area contributed by atoms with Crippen LogP contribution < -0.4 is 14.5 Å². The predicted octanol–water partition coefficient (Wildman–Crippen LogP) is 5.71. The number of amides is 1. The van der Waals surface area contributed by atoms with Crippen LogP contribution in [0.25, 0.3) is 10.1 Å². The van der Waals surface area contributed by atoms with Gasteiger partial charge in [0.15, 0.2) is 6.73 Å². The largest absolute Gasteiger partial charge is 0.494 e. The van der Waals surface area contributed by atoms with Crippen molar-refractivity contribution in [1.29, 1.82) is 0 Å². The Morgan fingerprint density at radius 2 is 1.85 bits per heavy atom. The normalized spacial score (nSPS) is 16.1. The topological polar surface area (TPSA) is 62.3 Å². The lowest BCUT2D eigenvalue weighted by molar-refractivity contribution is -0.145. The van der Waals surface area contributed by atoms with Gasteiger partial charge in [-0.1, -0.05) is 26.0 Å². The van der Waals surface area contributed by atoms with E-state index in [0.717, 1.165) is 62.6 Å². The van der Waals surface area contributed by atoms with E-state index in [1.165, 1.54) is 15.8 Å². The van der Waals surface area contributed by atoms with Crippen LogP contribution in [0.4, 0.5) is 11.4 Å². The molecule has 1 aromatic heterocycles. The standard InChI is InChI=1S/C31H39N3O4S/c1-23(2)20-31(36)38-22-34-28-21-25(10-8-24(28)9-11-30(34)35)37-18-4-3-13-32-14-16-33(17-15-32)27-6-5-7-29-26(27)12-19-39-29/h5-8,10,12,19,21,23H,3-4,9,11,13-18,20,22H2,1-2H3. The van der Waals surface area contributed by atoms with E-state index in [0.29, 0.717) is 25.9 Å². The van der Waals surface area contributed by atoms with Crippen LogP contribution in [0, 0.1) is 5.92 Å². The van der Waals surface area contributed by atoms with Gasteiger partial charge in [0.2, 0.25) is 5.91 Å². The predicted molar refractivity (Wildman–Crippen MR) is 158 cm³/mol. The van der Waals surface area contributed by atoms with Crippen LogP contribution >= 0.6 is 11.3 Å². The fourth-order valence-corrected chi connectivity index (χ4v) is 6.18. The number of unbranched alkanes of at least 4 members (excludes halogenated alkanes) is 1. The number of piperazine rings is 1. The summed E-state index contributed by atoms with van der Waals surface area (Å²) >= 11 is 1.81. The SMILES string of the molecule is CC(C)CC(=O)OCN1C(=O)CCc2ccc(OCCCCN3CCN(c4cccc5sccc45)CC3)cc21. The molecule has 8 heteroatoms. The maximum absolute atomic E-state index is 12.6. The summed E-state index contributed by atoms with van der Waals surface area (Å²) < 4.78 is 12.8. The highest BCUT2D eigenvalue weighted by atomic mass is 32.1. The van der Waals surface area contributed by atoms with Crippen LogP contribution in [0.2, 0.25) is 0 Å². The van der Waals surface area contributed by atoms with Crippen molar-refractivity contribution in [2.24, 2.45) is 5.92 Å². The molecule has 3 heterocycles. The second-order valence-corrected chi connectivity index (χ2v) is 11.8. The fourth-order valence-electron chi connectivity index (χ4n) is 5.37. The van der Waals surface area contributed by atoms with Crippen molar-refractivity contribution in [2.75, 3.05) is 55.9 Å². The number of aryl methyl sites for hydroxylation is 1. The highest BCUT2D eigenvalue weighted by Crippen LogP contribution is 2.32. The molecular weight excluding hydrogens is 510 g/mol. The van der Waals surface area contributed by atoms with E-state index in [4.69, 9.17) is 9.47 Å². The van der Waals surface area contributed by atoms with Crippen LogP contribution in [0.15, 0.2) is 47.8 Å². The van der Waals surface area contributed by atoms with Gasteiger partial charge in [-0.3, -0.25) is 19.4 Å². The second kappa shape index (κ2) is 12.8. The Kier molecular flexibility index (Phi) is 9.04. The molecule has 0 N–H and O–H groups in total. The Balaban J connectivity index is 1.05. The van der Waals surface area contributed by atoms with Crippen LogP contribution in [0.1, 0.15) is 45.1 Å². The molecule has 0 saturated carbocycles. The smallest absolute Gasteiger partial charge is 0.307 e. The molecule has 39 heavy (non-hydrogen) atoms. The number of esters is 1. The zero-order chi connectivity index (χ0) is 27.2. The van der Waals surface area contributed by atoms with Gasteiger partial charge in [-0.15, -0.1) is 11.3 Å². The molecular formula is C31H39N3O4S. The van der Waals surface area contributed by atoms with Crippen LogP contribution in [-0.4, -0.2) is 62.8 Å². The molecule has 2 aromatic carbocycles. The molecule has 2 aliphatic rings. The van der Waals surface area contributed by atoms with Crippen LogP contribution in [-0.2, 0) is 20.7 Å². The molecule has 208 valence electrons. The van der Waals surface area contributed by atoms with E-state index >= 15 is 0 Å². The van der Waals surface area contributed by atoms with Gasteiger partial charge in [-0.25, -0.2) is 0 Å². The number of fused-ring (bicyclic) bond motifs is 2. The number of ether oxygens (including phenoxy) is 2. The molecule has 0 bridgehead atoms. The van der Waals surface area contributed by atoms with Crippen molar-refractivity contribution in [3.8, 4) is 5.75 Å². The summed E-state index contributed by atoms with van der Waals surface area (Å²) in [7, 11) is 0. The molecule has 1 saturated heterocycles. The number of hydrogen-bond donors (Lipinski definition) is 0. The van der Waals surface area contributed by atoms with E-state index in [-0.39, 0.29) is 24.5 Å². The van der Waals surface area contributed by atoms with Gasteiger partial charge >= 0.3 is 5.97 Å². The molecule has 7 nitrogen and oxygen atoms in total. The van der Waals surface area contributed by atoms with Crippen LogP contribution in [0.5, 0.6) is 5.75 Å². The number of anilines is 2. The summed E-state index contributed by atoms with van der Waals surface area (Å²) in [5, 5.41) is 3.55. The highest BCUT2D eigenvalue weighted by Gasteiger charge is 2.26. The van der Waals surface area contributed by atoms with E-state index in [9.17, 15) is 9.59 Å². The van der Waals surface area contributed by atoms with Crippen molar-refractivity contribution in [1.82, 2.24) is 4.90 Å². The Bertz CT molecular complexity index is 1280. The van der Waals surface area contributed by atoms with Gasteiger partial charge in [0.05, 0.1) is 12.3 Å². The minimum absolute atomic E-state index is 0.0240. The maximum atomic E-state index is 12.6. The molecule has 5 rings (SSSR count). The van der Waals surface area contributed by atoms with E-state index < -0.39 is 0 Å². The minimum Gasteiger partial charge on any atom is -0.494 e. The van der Waals surface area contributed by atoms with Gasteiger partial charge in [-0.05, 0) is 66.9 Å². The minimum atomic E-state index is -0.279. The summed E-state index contributed by atoms with van der Waals surface area (Å²) in [6.45, 7) is 9.89. The Morgan fingerprint density at radius 3 is 2.67 bits per heavy atom. The first-order valence-electron chi connectivity index (χ1n) is 14.1. The molecule has 0 spiro atoms. The van der Waals surface area contributed by atoms with E-state index in [1.807, 2.05) is 43.4 Å². The molecule has 0 unspecified atom stereocenters. The summed E-state index contributed by atoms with van der Waals surface area (Å²) in [6, 6.07) is 14.8. The van der Waals surface area contributed by atoms with E-state index in [1.54, 1.807) is 4.90 Å². The molecule has 2 aliphatic heterocycles. The monoisotopic (exact) mass is 549 g/mol. The summed E-state index contributed by atoms with van der Waals surface area (Å²) in [6.07, 6.45) is 3.52. The number of hydrogen-bond acceptors (Lipinski definition) is 7. The fraction of sp³-hybridized carbons (Fsp3) is 0.484. The van der Waals surface area contributed by atoms with Crippen molar-refractivity contribution in [3.05, 3.63) is 53.4 Å². The van der Waals surface area contributed by atoms with Gasteiger partial charge in [0.25, 0.3) is 0 Å². The zero-order valence-electron chi connectivity index (χ0n) is 23.1. The van der Waals surface area contributed by atoms with Gasteiger partial charge < -0.3 is 14.4 Å². The van der Waals surface area contributed by atoms with E-state index in [2.05, 4.69) is 39.4 Å². The van der Waals surface area contributed by atoms with Crippen LogP contribution in [0.3, 0.4) is 0 Å². The first-order chi connectivity index (χ1) is 19.0. The number of thiophene rings is 1. The third-order valence-electron chi connectivity index (χ3n) is 7.51. The Morgan fingerprint density at radius 1 is 1.00 bits per heavy atom. The average Bonchev–Trinajstić information content (AvgIpc) is 3.41. The third kappa shape index (κ3) is 6.92. The lowest BCUT2D eigenvalue weighted by atomic mass is 10.0. The molecule has 0 aliphatic carbocycles. The molecule has 3 aromatic rings. The quantitative estimate of drug-likeness (QED) is 0.226. The van der Waals surface area contributed by atoms with Crippen molar-refractivity contribution in [2.45, 2.75) is 46.0 Å². The van der Waals surface area contributed by atoms with Crippen molar-refractivity contribution >= 4 is 44.7 Å². The Labute approximate surface area is 235 Å². The summed E-state index contributed by atoms with van der Waals surface area (Å²) in [4.78, 5) is 31.3. The number of nitrogens with zero attached hydrogens (tertiary/aromatic N) is 3. The maximum Gasteiger partial charge on any atom is 0.307 e. The first kappa shape index (κ1) is 27.5. The van der Waals surface area contributed by atoms with Gasteiger partial charge in [0.1, 0.15) is 5.75 Å². The van der Waals surface area contributed by atoms with Gasteiger partial charge in [-0.2, -0.15) is 0 Å².